The Labute approximate surface area is 177 Å². The SMILES string of the molecule is COc1ccc(C)cc1CCNC(=O)c1cccc(NS(=O)(=O)c2ccccc2)c1. The van der Waals surface area contributed by atoms with Crippen molar-refractivity contribution in [3.63, 3.8) is 0 Å². The van der Waals surface area contributed by atoms with Crippen LogP contribution in [-0.2, 0) is 16.4 Å². The van der Waals surface area contributed by atoms with Crippen molar-refractivity contribution in [3.05, 3.63) is 89.5 Å². The van der Waals surface area contributed by atoms with Crippen LogP contribution in [0, 0.1) is 6.92 Å². The van der Waals surface area contributed by atoms with Gasteiger partial charge in [0.1, 0.15) is 5.75 Å². The van der Waals surface area contributed by atoms with E-state index in [1.807, 2.05) is 25.1 Å². The molecule has 0 unspecified atom stereocenters. The molecule has 2 N–H and O–H groups in total. The van der Waals surface area contributed by atoms with Crippen LogP contribution in [0.2, 0.25) is 0 Å². The number of amides is 1. The van der Waals surface area contributed by atoms with E-state index in [1.165, 1.54) is 18.2 Å². The first-order valence-corrected chi connectivity index (χ1v) is 11.0. The summed E-state index contributed by atoms with van der Waals surface area (Å²) < 4.78 is 32.8. The van der Waals surface area contributed by atoms with Gasteiger partial charge in [-0.2, -0.15) is 0 Å². The number of hydrogen-bond donors (Lipinski definition) is 2. The zero-order valence-electron chi connectivity index (χ0n) is 16.9. The molecule has 30 heavy (non-hydrogen) atoms. The van der Waals surface area contributed by atoms with Gasteiger partial charge in [-0.15, -0.1) is 0 Å². The lowest BCUT2D eigenvalue weighted by Crippen LogP contribution is -2.26. The summed E-state index contributed by atoms with van der Waals surface area (Å²) in [4.78, 5) is 12.7. The number of ether oxygens (including phenoxy) is 1. The van der Waals surface area contributed by atoms with Crippen molar-refractivity contribution >= 4 is 21.6 Å². The number of rotatable bonds is 8. The molecular weight excluding hydrogens is 400 g/mol. The Morgan fingerprint density at radius 2 is 1.73 bits per heavy atom. The predicted octanol–water partition coefficient (Wildman–Crippen LogP) is 3.78. The molecule has 1 amide bonds. The molecule has 0 aliphatic carbocycles. The number of hydrogen-bond acceptors (Lipinski definition) is 4. The van der Waals surface area contributed by atoms with E-state index in [1.54, 1.807) is 43.5 Å². The van der Waals surface area contributed by atoms with Gasteiger partial charge in [-0.25, -0.2) is 8.42 Å². The molecule has 0 saturated carbocycles. The van der Waals surface area contributed by atoms with Crippen molar-refractivity contribution in [2.24, 2.45) is 0 Å². The average Bonchev–Trinajstić information content (AvgIpc) is 2.74. The summed E-state index contributed by atoms with van der Waals surface area (Å²) in [6, 6.07) is 20.4. The summed E-state index contributed by atoms with van der Waals surface area (Å²) in [6.07, 6.45) is 0.622. The van der Waals surface area contributed by atoms with Gasteiger partial charge in [-0.05, 0) is 55.3 Å². The molecule has 0 bridgehead atoms. The Balaban J connectivity index is 1.64. The topological polar surface area (TPSA) is 84.5 Å². The molecule has 0 radical (unpaired) electrons. The van der Waals surface area contributed by atoms with Crippen molar-refractivity contribution < 1.29 is 17.9 Å². The molecule has 0 atom stereocenters. The minimum absolute atomic E-state index is 0.159. The van der Waals surface area contributed by atoms with Crippen LogP contribution in [0.3, 0.4) is 0 Å². The number of carbonyl (C=O) groups is 1. The van der Waals surface area contributed by atoms with Crippen LogP contribution >= 0.6 is 0 Å². The first-order chi connectivity index (χ1) is 14.4. The third kappa shape index (κ3) is 5.39. The van der Waals surface area contributed by atoms with Gasteiger partial charge < -0.3 is 10.1 Å². The van der Waals surface area contributed by atoms with Crippen molar-refractivity contribution in [1.29, 1.82) is 0 Å². The summed E-state index contributed by atoms with van der Waals surface area (Å²) in [5.74, 6) is 0.509. The van der Waals surface area contributed by atoms with Gasteiger partial charge in [0.15, 0.2) is 0 Å². The Bertz CT molecular complexity index is 1130. The fourth-order valence-corrected chi connectivity index (χ4v) is 4.12. The van der Waals surface area contributed by atoms with E-state index in [9.17, 15) is 13.2 Å². The minimum atomic E-state index is -3.72. The van der Waals surface area contributed by atoms with Gasteiger partial charge in [0.2, 0.25) is 0 Å². The maximum absolute atomic E-state index is 12.5. The Morgan fingerprint density at radius 3 is 2.47 bits per heavy atom. The van der Waals surface area contributed by atoms with Gasteiger partial charge in [0, 0.05) is 17.8 Å². The van der Waals surface area contributed by atoms with E-state index in [2.05, 4.69) is 10.0 Å². The number of aryl methyl sites for hydroxylation is 1. The van der Waals surface area contributed by atoms with Crippen molar-refractivity contribution in [1.82, 2.24) is 5.32 Å². The van der Waals surface area contributed by atoms with E-state index >= 15 is 0 Å². The summed E-state index contributed by atoms with van der Waals surface area (Å²) in [5, 5.41) is 2.87. The van der Waals surface area contributed by atoms with E-state index < -0.39 is 10.0 Å². The zero-order valence-corrected chi connectivity index (χ0v) is 17.7. The molecule has 0 spiro atoms. The highest BCUT2D eigenvalue weighted by Crippen LogP contribution is 2.20. The molecule has 0 heterocycles. The van der Waals surface area contributed by atoms with Crippen LogP contribution in [0.4, 0.5) is 5.69 Å². The average molecular weight is 425 g/mol. The molecule has 3 aromatic rings. The van der Waals surface area contributed by atoms with Crippen molar-refractivity contribution in [3.8, 4) is 5.75 Å². The molecule has 0 aromatic heterocycles. The minimum Gasteiger partial charge on any atom is -0.496 e. The highest BCUT2D eigenvalue weighted by atomic mass is 32.2. The lowest BCUT2D eigenvalue weighted by Gasteiger charge is -2.11. The van der Waals surface area contributed by atoms with Crippen molar-refractivity contribution in [2.45, 2.75) is 18.2 Å². The second kappa shape index (κ2) is 9.45. The quantitative estimate of drug-likeness (QED) is 0.576. The fraction of sp³-hybridized carbons (Fsp3) is 0.174. The van der Waals surface area contributed by atoms with Gasteiger partial charge >= 0.3 is 0 Å². The summed E-state index contributed by atoms with van der Waals surface area (Å²) >= 11 is 0. The zero-order chi connectivity index (χ0) is 21.6. The fourth-order valence-electron chi connectivity index (χ4n) is 3.05. The number of nitrogens with one attached hydrogen (secondary N) is 2. The van der Waals surface area contributed by atoms with Crippen LogP contribution in [0.1, 0.15) is 21.5 Å². The maximum Gasteiger partial charge on any atom is 0.261 e. The molecule has 6 nitrogen and oxygen atoms in total. The Hall–Kier alpha value is -3.32. The van der Waals surface area contributed by atoms with Crippen LogP contribution in [0.15, 0.2) is 77.7 Å². The van der Waals surface area contributed by atoms with Crippen LogP contribution in [0.5, 0.6) is 5.75 Å². The first-order valence-electron chi connectivity index (χ1n) is 9.49. The lowest BCUT2D eigenvalue weighted by molar-refractivity contribution is 0.0954. The standard InChI is InChI=1S/C23H24N2O4S/c1-17-11-12-22(29-2)18(15-17)13-14-24-23(26)19-7-6-8-20(16-19)25-30(27,28)21-9-4-3-5-10-21/h3-12,15-16,25H,13-14H2,1-2H3,(H,24,26). The normalized spacial score (nSPS) is 11.0. The molecule has 3 rings (SSSR count). The van der Waals surface area contributed by atoms with Crippen LogP contribution < -0.4 is 14.8 Å². The van der Waals surface area contributed by atoms with Crippen LogP contribution in [0.25, 0.3) is 0 Å². The number of sulfonamides is 1. The second-order valence-electron chi connectivity index (χ2n) is 6.82. The van der Waals surface area contributed by atoms with Gasteiger partial charge in [-0.1, -0.05) is 42.0 Å². The molecule has 0 aliphatic heterocycles. The third-order valence-corrected chi connectivity index (χ3v) is 5.94. The Morgan fingerprint density at radius 1 is 0.967 bits per heavy atom. The molecule has 156 valence electrons. The predicted molar refractivity (Wildman–Crippen MR) is 117 cm³/mol. The van der Waals surface area contributed by atoms with E-state index in [0.717, 1.165) is 16.9 Å². The monoisotopic (exact) mass is 424 g/mol. The summed E-state index contributed by atoms with van der Waals surface area (Å²) in [5.41, 5.74) is 2.84. The van der Waals surface area contributed by atoms with Crippen LogP contribution in [-0.4, -0.2) is 28.0 Å². The second-order valence-corrected chi connectivity index (χ2v) is 8.50. The highest BCUT2D eigenvalue weighted by Gasteiger charge is 2.14. The van der Waals surface area contributed by atoms with E-state index in [-0.39, 0.29) is 10.8 Å². The highest BCUT2D eigenvalue weighted by molar-refractivity contribution is 7.92. The van der Waals surface area contributed by atoms with E-state index in [0.29, 0.717) is 24.2 Å². The van der Waals surface area contributed by atoms with E-state index in [4.69, 9.17) is 4.74 Å². The molecule has 7 heteroatoms. The van der Waals surface area contributed by atoms with Crippen molar-refractivity contribution in [2.75, 3.05) is 18.4 Å². The number of benzene rings is 3. The first kappa shape index (κ1) is 21.4. The lowest BCUT2D eigenvalue weighted by atomic mass is 10.1. The summed E-state index contributed by atoms with van der Waals surface area (Å²) in [6.45, 7) is 2.43. The molecule has 3 aromatic carbocycles. The molecule has 0 saturated heterocycles. The number of carbonyl (C=O) groups excluding carboxylic acids is 1. The maximum atomic E-state index is 12.5. The molecule has 0 fully saturated rings. The number of anilines is 1. The smallest absolute Gasteiger partial charge is 0.261 e. The summed E-state index contributed by atoms with van der Waals surface area (Å²) in [7, 11) is -2.10. The molecular formula is C23H24N2O4S. The van der Waals surface area contributed by atoms with Gasteiger partial charge in [-0.3, -0.25) is 9.52 Å². The number of methoxy groups -OCH3 is 1. The largest absolute Gasteiger partial charge is 0.496 e. The molecule has 0 aliphatic rings. The van der Waals surface area contributed by atoms with Gasteiger partial charge in [0.25, 0.3) is 15.9 Å². The van der Waals surface area contributed by atoms with Gasteiger partial charge in [0.05, 0.1) is 12.0 Å². The third-order valence-electron chi connectivity index (χ3n) is 4.55. The Kier molecular flexibility index (Phi) is 6.74.